The zero-order valence-corrected chi connectivity index (χ0v) is 16.5. The van der Waals surface area contributed by atoms with Crippen molar-refractivity contribution >= 4 is 17.6 Å². The monoisotopic (exact) mass is 383 g/mol. The summed E-state index contributed by atoms with van der Waals surface area (Å²) in [5, 5.41) is 6.68. The minimum atomic E-state index is 0.690. The van der Waals surface area contributed by atoms with Crippen molar-refractivity contribution in [3.05, 3.63) is 58.2 Å². The van der Waals surface area contributed by atoms with Gasteiger partial charge in [0.05, 0.1) is 33.2 Å². The van der Waals surface area contributed by atoms with E-state index in [1.807, 2.05) is 52.5 Å². The molecule has 0 bridgehead atoms. The summed E-state index contributed by atoms with van der Waals surface area (Å²) in [7, 11) is 6.66. The lowest BCUT2D eigenvalue weighted by atomic mass is 10.2. The zero-order valence-electron chi connectivity index (χ0n) is 15.7. The molecule has 0 spiro atoms. The third-order valence-electron chi connectivity index (χ3n) is 4.02. The molecule has 0 radical (unpaired) electrons. The normalized spacial score (nSPS) is 11.8. The van der Waals surface area contributed by atoms with Gasteiger partial charge in [-0.15, -0.1) is 11.3 Å². The number of nitrogens with zero attached hydrogens (tertiary/aromatic N) is 3. The Morgan fingerprint density at radius 2 is 1.63 bits per heavy atom. The van der Waals surface area contributed by atoms with E-state index in [0.717, 1.165) is 33.1 Å². The summed E-state index contributed by atoms with van der Waals surface area (Å²) in [5.74, 6) is 2.23. The van der Waals surface area contributed by atoms with Crippen LogP contribution in [0, 0.1) is 0 Å². The first-order valence-electron chi connectivity index (χ1n) is 8.24. The fraction of sp³-hybridized carbons (Fsp3) is 0.200. The predicted molar refractivity (Wildman–Crippen MR) is 108 cm³/mol. The van der Waals surface area contributed by atoms with Gasteiger partial charge in [-0.25, -0.2) is 4.68 Å². The predicted octanol–water partition coefficient (Wildman–Crippen LogP) is 3.66. The largest absolute Gasteiger partial charge is 0.497 e. The molecule has 0 aliphatic carbocycles. The molecule has 6 nitrogen and oxygen atoms in total. The average Bonchev–Trinajstić information content (AvgIpc) is 3.15. The molecule has 0 saturated heterocycles. The number of ether oxygens (including phenoxy) is 3. The summed E-state index contributed by atoms with van der Waals surface area (Å²) >= 11 is 1.53. The first-order valence-corrected chi connectivity index (χ1v) is 9.12. The van der Waals surface area contributed by atoms with E-state index in [1.165, 1.54) is 11.3 Å². The van der Waals surface area contributed by atoms with E-state index in [0.29, 0.717) is 5.75 Å². The number of rotatable bonds is 6. The smallest absolute Gasteiger partial charge is 0.205 e. The van der Waals surface area contributed by atoms with E-state index >= 15 is 0 Å². The van der Waals surface area contributed by atoms with Gasteiger partial charge in [-0.2, -0.15) is 5.10 Å². The van der Waals surface area contributed by atoms with Crippen LogP contribution in [0.2, 0.25) is 0 Å². The van der Waals surface area contributed by atoms with Crippen LogP contribution in [0.5, 0.6) is 17.2 Å². The Labute approximate surface area is 162 Å². The molecule has 1 aromatic heterocycles. The summed E-state index contributed by atoms with van der Waals surface area (Å²) in [5.41, 5.74) is 2.83. The lowest BCUT2D eigenvalue weighted by Crippen LogP contribution is -2.11. The highest BCUT2D eigenvalue weighted by Crippen LogP contribution is 2.25. The van der Waals surface area contributed by atoms with Crippen LogP contribution in [0.3, 0.4) is 0 Å². The molecule has 0 atom stereocenters. The van der Waals surface area contributed by atoms with Crippen LogP contribution in [0.25, 0.3) is 11.3 Å². The lowest BCUT2D eigenvalue weighted by molar-refractivity contribution is 0.394. The van der Waals surface area contributed by atoms with Crippen molar-refractivity contribution in [2.24, 2.45) is 10.1 Å². The highest BCUT2D eigenvalue weighted by Gasteiger charge is 2.08. The van der Waals surface area contributed by atoms with Gasteiger partial charge in [-0.05, 0) is 36.4 Å². The highest BCUT2D eigenvalue weighted by molar-refractivity contribution is 7.07. The number of thiazole rings is 1. The van der Waals surface area contributed by atoms with Crippen molar-refractivity contribution in [3.63, 3.8) is 0 Å². The number of methoxy groups -OCH3 is 3. The Morgan fingerprint density at radius 1 is 0.926 bits per heavy atom. The standard InChI is InChI=1S/C20H21N3O3S/c1-21-20-23(18(13-27-20)14-5-8-16(24-2)9-6-14)22-12-15-7-10-17(25-3)11-19(15)26-4/h5-13H,1-4H3. The van der Waals surface area contributed by atoms with Crippen molar-refractivity contribution < 1.29 is 14.2 Å². The minimum Gasteiger partial charge on any atom is -0.497 e. The van der Waals surface area contributed by atoms with E-state index in [2.05, 4.69) is 10.1 Å². The minimum absolute atomic E-state index is 0.690. The molecule has 27 heavy (non-hydrogen) atoms. The van der Waals surface area contributed by atoms with E-state index in [-0.39, 0.29) is 0 Å². The molecular formula is C20H21N3O3S. The van der Waals surface area contributed by atoms with Crippen molar-refractivity contribution in [2.75, 3.05) is 28.4 Å². The second kappa shape index (κ2) is 8.55. The summed E-state index contributed by atoms with van der Waals surface area (Å²) in [6.45, 7) is 0. The van der Waals surface area contributed by atoms with Crippen LogP contribution in [0.1, 0.15) is 5.56 Å². The number of hydrogen-bond acceptors (Lipinski definition) is 6. The van der Waals surface area contributed by atoms with Crippen LogP contribution in [0.15, 0.2) is 57.9 Å². The van der Waals surface area contributed by atoms with E-state index in [9.17, 15) is 0 Å². The number of hydrogen-bond donors (Lipinski definition) is 0. The SMILES string of the molecule is CN=c1scc(-c2ccc(OC)cc2)n1N=Cc1ccc(OC)cc1OC. The molecule has 140 valence electrons. The average molecular weight is 383 g/mol. The first-order chi connectivity index (χ1) is 13.2. The van der Waals surface area contributed by atoms with Gasteiger partial charge in [0, 0.05) is 29.6 Å². The second-order valence-corrected chi connectivity index (χ2v) is 6.36. The summed E-state index contributed by atoms with van der Waals surface area (Å²) < 4.78 is 17.7. The summed E-state index contributed by atoms with van der Waals surface area (Å²) in [6, 6.07) is 13.5. The molecule has 0 fully saturated rings. The van der Waals surface area contributed by atoms with Gasteiger partial charge < -0.3 is 14.2 Å². The molecule has 3 rings (SSSR count). The Balaban J connectivity index is 2.02. The fourth-order valence-electron chi connectivity index (χ4n) is 2.57. The Bertz CT molecular complexity index is 1000. The van der Waals surface area contributed by atoms with E-state index < -0.39 is 0 Å². The third kappa shape index (κ3) is 4.03. The van der Waals surface area contributed by atoms with Crippen molar-refractivity contribution in [1.82, 2.24) is 4.68 Å². The quantitative estimate of drug-likeness (QED) is 0.611. The Hall–Kier alpha value is -3.06. The van der Waals surface area contributed by atoms with E-state index in [4.69, 9.17) is 14.2 Å². The molecule has 0 aliphatic heterocycles. The van der Waals surface area contributed by atoms with Gasteiger partial charge in [0.15, 0.2) is 0 Å². The molecule has 0 saturated carbocycles. The highest BCUT2D eigenvalue weighted by atomic mass is 32.1. The first kappa shape index (κ1) is 18.7. The molecular weight excluding hydrogens is 362 g/mol. The van der Waals surface area contributed by atoms with Gasteiger partial charge in [0.1, 0.15) is 17.2 Å². The summed E-state index contributed by atoms with van der Waals surface area (Å²) in [4.78, 5) is 5.12. The Morgan fingerprint density at radius 3 is 2.26 bits per heavy atom. The van der Waals surface area contributed by atoms with Crippen LogP contribution < -0.4 is 19.0 Å². The van der Waals surface area contributed by atoms with Crippen molar-refractivity contribution in [3.8, 4) is 28.5 Å². The lowest BCUT2D eigenvalue weighted by Gasteiger charge is -2.08. The van der Waals surface area contributed by atoms with Gasteiger partial charge in [-0.3, -0.25) is 4.99 Å². The maximum atomic E-state index is 5.44. The van der Waals surface area contributed by atoms with Crippen molar-refractivity contribution in [1.29, 1.82) is 0 Å². The third-order valence-corrected chi connectivity index (χ3v) is 4.92. The maximum Gasteiger partial charge on any atom is 0.205 e. The van der Waals surface area contributed by atoms with Crippen LogP contribution in [0.4, 0.5) is 0 Å². The van der Waals surface area contributed by atoms with Gasteiger partial charge >= 0.3 is 0 Å². The number of aromatic nitrogens is 1. The molecule has 0 N–H and O–H groups in total. The molecule has 0 amide bonds. The van der Waals surface area contributed by atoms with Gasteiger partial charge in [0.2, 0.25) is 4.80 Å². The number of benzene rings is 2. The van der Waals surface area contributed by atoms with Crippen LogP contribution in [-0.4, -0.2) is 39.3 Å². The van der Waals surface area contributed by atoms with Crippen LogP contribution in [-0.2, 0) is 0 Å². The second-order valence-electron chi connectivity index (χ2n) is 5.52. The summed E-state index contributed by atoms with van der Waals surface area (Å²) in [6.07, 6.45) is 1.76. The topological polar surface area (TPSA) is 57.3 Å². The molecule has 7 heteroatoms. The molecule has 2 aromatic carbocycles. The molecule has 3 aromatic rings. The molecule has 1 heterocycles. The van der Waals surface area contributed by atoms with Gasteiger partial charge in [-0.1, -0.05) is 0 Å². The fourth-order valence-corrected chi connectivity index (χ4v) is 3.37. The van der Waals surface area contributed by atoms with Crippen LogP contribution >= 0.6 is 11.3 Å². The van der Waals surface area contributed by atoms with Gasteiger partial charge in [0.25, 0.3) is 0 Å². The molecule has 0 unspecified atom stereocenters. The molecule has 0 aliphatic rings. The zero-order chi connectivity index (χ0) is 19.2. The van der Waals surface area contributed by atoms with Crippen molar-refractivity contribution in [2.45, 2.75) is 0 Å². The Kier molecular flexibility index (Phi) is 5.93. The van der Waals surface area contributed by atoms with E-state index in [1.54, 1.807) is 34.6 Å². The maximum absolute atomic E-state index is 5.44.